The van der Waals surface area contributed by atoms with Crippen LogP contribution in [-0.2, 0) is 5.60 Å². The van der Waals surface area contributed by atoms with E-state index in [-0.39, 0.29) is 0 Å². The van der Waals surface area contributed by atoms with Crippen molar-refractivity contribution in [2.45, 2.75) is 11.7 Å². The van der Waals surface area contributed by atoms with Crippen molar-refractivity contribution in [2.75, 3.05) is 0 Å². The predicted molar refractivity (Wildman–Crippen MR) is 92.9 cm³/mol. The van der Waals surface area contributed by atoms with E-state index in [1.165, 1.54) is 0 Å². The van der Waals surface area contributed by atoms with Gasteiger partial charge in [-0.25, -0.2) is 0 Å². The Kier molecular flexibility index (Phi) is 4.72. The second kappa shape index (κ2) is 7.10. The van der Waals surface area contributed by atoms with Crippen LogP contribution in [0.25, 0.3) is 0 Å². The van der Waals surface area contributed by atoms with Gasteiger partial charge in [-0.05, 0) is 12.1 Å². The minimum absolute atomic E-state index is 0.452. The van der Waals surface area contributed by atoms with Crippen molar-refractivity contribution in [1.82, 2.24) is 4.98 Å². The summed E-state index contributed by atoms with van der Waals surface area (Å²) in [5, 5.41) is 21.5. The van der Waals surface area contributed by atoms with E-state index in [0.717, 1.165) is 0 Å². The van der Waals surface area contributed by atoms with Crippen LogP contribution < -0.4 is 0 Å². The molecule has 0 saturated heterocycles. The van der Waals surface area contributed by atoms with Crippen LogP contribution in [0.1, 0.15) is 22.9 Å². The molecule has 0 saturated carbocycles. The summed E-state index contributed by atoms with van der Waals surface area (Å²) >= 11 is 0. The first-order valence-electron chi connectivity index (χ1n) is 7.65. The monoisotopic (exact) mass is 315 g/mol. The number of benzene rings is 2. The smallest absolute Gasteiger partial charge is 0.176 e. The van der Waals surface area contributed by atoms with E-state index in [4.69, 9.17) is 0 Å². The molecule has 0 aliphatic carbocycles. The molecule has 1 unspecified atom stereocenters. The lowest BCUT2D eigenvalue weighted by atomic mass is 9.86. The van der Waals surface area contributed by atoms with E-state index in [9.17, 15) is 10.2 Å². The molecular weight excluding hydrogens is 298 g/mol. The van der Waals surface area contributed by atoms with Gasteiger partial charge < -0.3 is 10.2 Å². The third-order valence-electron chi connectivity index (χ3n) is 3.74. The molecule has 0 bridgehead atoms. The minimum atomic E-state index is -1.50. The summed E-state index contributed by atoms with van der Waals surface area (Å²) in [5.74, 6) is 5.57. The summed E-state index contributed by atoms with van der Waals surface area (Å²) in [6.07, 6.45) is 0.533. The minimum Gasteiger partial charge on any atom is -0.374 e. The molecular formula is C21H17NO2. The van der Waals surface area contributed by atoms with Crippen molar-refractivity contribution in [2.24, 2.45) is 0 Å². The van der Waals surface area contributed by atoms with Gasteiger partial charge in [0.2, 0.25) is 0 Å². The number of pyridine rings is 1. The Balaban J connectivity index is 2.03. The molecule has 0 aliphatic heterocycles. The Labute approximate surface area is 141 Å². The average molecular weight is 315 g/mol. The van der Waals surface area contributed by atoms with Gasteiger partial charge in [0.25, 0.3) is 0 Å². The number of aromatic nitrogens is 1. The maximum Gasteiger partial charge on any atom is 0.176 e. The third-order valence-corrected chi connectivity index (χ3v) is 3.74. The molecule has 2 aromatic carbocycles. The molecule has 3 nitrogen and oxygen atoms in total. The largest absolute Gasteiger partial charge is 0.374 e. The molecule has 0 spiro atoms. The summed E-state index contributed by atoms with van der Waals surface area (Å²) in [7, 11) is 0. The molecule has 2 N–H and O–H groups in total. The van der Waals surface area contributed by atoms with E-state index in [1.807, 2.05) is 60.7 Å². The van der Waals surface area contributed by atoms with Crippen molar-refractivity contribution in [1.29, 1.82) is 0 Å². The quantitative estimate of drug-likeness (QED) is 0.730. The number of nitrogens with zero attached hydrogens (tertiary/aromatic N) is 1. The van der Waals surface area contributed by atoms with Crippen LogP contribution in [0.4, 0.5) is 0 Å². The van der Waals surface area contributed by atoms with Crippen LogP contribution in [0, 0.1) is 11.8 Å². The SMILES string of the molecule is OC(C#CC(O)(c1ccccc1)c1ccccc1)c1ccccn1. The van der Waals surface area contributed by atoms with E-state index in [1.54, 1.807) is 24.4 Å². The van der Waals surface area contributed by atoms with E-state index < -0.39 is 11.7 Å². The maximum atomic E-state index is 11.2. The first kappa shape index (κ1) is 15.9. The van der Waals surface area contributed by atoms with E-state index in [2.05, 4.69) is 16.8 Å². The predicted octanol–water partition coefficient (Wildman–Crippen LogP) is 3.05. The summed E-state index contributed by atoms with van der Waals surface area (Å²) in [5.41, 5.74) is 0.250. The lowest BCUT2D eigenvalue weighted by Gasteiger charge is -2.23. The molecule has 0 aliphatic rings. The van der Waals surface area contributed by atoms with Gasteiger partial charge in [-0.15, -0.1) is 0 Å². The lowest BCUT2D eigenvalue weighted by molar-refractivity contribution is 0.144. The second-order valence-electron chi connectivity index (χ2n) is 5.37. The van der Waals surface area contributed by atoms with Gasteiger partial charge in [0.05, 0.1) is 5.69 Å². The number of aliphatic hydroxyl groups is 2. The average Bonchev–Trinajstić information content (AvgIpc) is 2.68. The van der Waals surface area contributed by atoms with Gasteiger partial charge in [-0.2, -0.15) is 0 Å². The second-order valence-corrected chi connectivity index (χ2v) is 5.37. The van der Waals surface area contributed by atoms with Gasteiger partial charge in [0.1, 0.15) is 0 Å². The highest BCUT2D eigenvalue weighted by molar-refractivity contribution is 5.44. The molecule has 3 heteroatoms. The highest BCUT2D eigenvalue weighted by Crippen LogP contribution is 2.29. The molecule has 0 amide bonds. The molecule has 0 fully saturated rings. The van der Waals surface area contributed by atoms with Crippen LogP contribution in [-0.4, -0.2) is 15.2 Å². The Hall–Kier alpha value is -2.93. The van der Waals surface area contributed by atoms with Gasteiger partial charge in [-0.3, -0.25) is 4.98 Å². The third kappa shape index (κ3) is 3.36. The van der Waals surface area contributed by atoms with Crippen LogP contribution in [0.3, 0.4) is 0 Å². The fourth-order valence-corrected chi connectivity index (χ4v) is 2.45. The maximum absolute atomic E-state index is 11.2. The summed E-state index contributed by atoms with van der Waals surface area (Å²) in [6.45, 7) is 0. The fourth-order valence-electron chi connectivity index (χ4n) is 2.45. The Bertz CT molecular complexity index is 797. The van der Waals surface area contributed by atoms with Gasteiger partial charge >= 0.3 is 0 Å². The standard InChI is InChI=1S/C21H17NO2/c23-20(19-13-7-8-16-22-19)14-15-21(24,17-9-3-1-4-10-17)18-11-5-2-6-12-18/h1-13,16,20,23-24H. The fraction of sp³-hybridized carbons (Fsp3) is 0.0952. The zero-order valence-corrected chi connectivity index (χ0v) is 13.0. The number of hydrogen-bond acceptors (Lipinski definition) is 3. The van der Waals surface area contributed by atoms with Crippen molar-refractivity contribution < 1.29 is 10.2 Å². The molecule has 1 aromatic heterocycles. The number of hydrogen-bond donors (Lipinski definition) is 2. The molecule has 1 atom stereocenters. The van der Waals surface area contributed by atoms with Crippen LogP contribution in [0.5, 0.6) is 0 Å². The molecule has 3 aromatic rings. The summed E-state index contributed by atoms with van der Waals surface area (Å²) < 4.78 is 0. The Morgan fingerprint density at radius 2 is 1.33 bits per heavy atom. The van der Waals surface area contributed by atoms with E-state index >= 15 is 0 Å². The lowest BCUT2D eigenvalue weighted by Crippen LogP contribution is -2.25. The molecule has 118 valence electrons. The Morgan fingerprint density at radius 1 is 0.792 bits per heavy atom. The first-order valence-corrected chi connectivity index (χ1v) is 7.65. The molecule has 0 radical (unpaired) electrons. The Morgan fingerprint density at radius 3 is 1.83 bits per heavy atom. The molecule has 24 heavy (non-hydrogen) atoms. The van der Waals surface area contributed by atoms with Gasteiger partial charge in [0.15, 0.2) is 11.7 Å². The molecule has 1 heterocycles. The number of aliphatic hydroxyl groups excluding tert-OH is 1. The normalized spacial score (nSPS) is 12.1. The van der Waals surface area contributed by atoms with Crippen molar-refractivity contribution in [3.63, 3.8) is 0 Å². The summed E-state index contributed by atoms with van der Waals surface area (Å²) in [6, 6.07) is 23.7. The zero-order chi connectivity index (χ0) is 16.8. The van der Waals surface area contributed by atoms with Crippen LogP contribution in [0.2, 0.25) is 0 Å². The highest BCUT2D eigenvalue weighted by atomic mass is 16.3. The number of rotatable bonds is 3. The van der Waals surface area contributed by atoms with Crippen LogP contribution >= 0.6 is 0 Å². The van der Waals surface area contributed by atoms with E-state index in [0.29, 0.717) is 16.8 Å². The first-order chi connectivity index (χ1) is 11.7. The highest BCUT2D eigenvalue weighted by Gasteiger charge is 2.29. The van der Waals surface area contributed by atoms with Crippen molar-refractivity contribution >= 4 is 0 Å². The van der Waals surface area contributed by atoms with Crippen molar-refractivity contribution in [3.05, 3.63) is 102 Å². The summed E-state index contributed by atoms with van der Waals surface area (Å²) in [4.78, 5) is 4.09. The topological polar surface area (TPSA) is 53.4 Å². The zero-order valence-electron chi connectivity index (χ0n) is 13.0. The van der Waals surface area contributed by atoms with Gasteiger partial charge in [-0.1, -0.05) is 78.6 Å². The van der Waals surface area contributed by atoms with Gasteiger partial charge in [0, 0.05) is 17.3 Å². The van der Waals surface area contributed by atoms with Crippen LogP contribution in [0.15, 0.2) is 85.1 Å². The molecule has 3 rings (SSSR count). The van der Waals surface area contributed by atoms with Crippen molar-refractivity contribution in [3.8, 4) is 11.8 Å².